The fourth-order valence-corrected chi connectivity index (χ4v) is 4.07. The fraction of sp³-hybridized carbons (Fsp3) is 0.364. The van der Waals surface area contributed by atoms with Crippen LogP contribution in [-0.2, 0) is 28.4 Å². The highest BCUT2D eigenvalue weighted by Crippen LogP contribution is 2.19. The molecular weight excluding hydrogens is 384 g/mol. The van der Waals surface area contributed by atoms with E-state index in [2.05, 4.69) is 27.3 Å². The monoisotopic (exact) mass is 410 g/mol. The number of carbonyl (C=O) groups is 1. The van der Waals surface area contributed by atoms with Crippen molar-refractivity contribution in [1.29, 1.82) is 0 Å². The van der Waals surface area contributed by atoms with Crippen LogP contribution < -0.4 is 5.32 Å². The van der Waals surface area contributed by atoms with Gasteiger partial charge in [0.1, 0.15) is 12.4 Å². The highest BCUT2D eigenvalue weighted by atomic mass is 32.2. The minimum atomic E-state index is -0.0450. The van der Waals surface area contributed by atoms with Crippen LogP contribution in [0, 0.1) is 0 Å². The number of hydrogen-bond donors (Lipinski definition) is 1. The Morgan fingerprint density at radius 2 is 1.90 bits per heavy atom. The van der Waals surface area contributed by atoms with E-state index in [-0.39, 0.29) is 12.5 Å². The molecule has 6 nitrogen and oxygen atoms in total. The summed E-state index contributed by atoms with van der Waals surface area (Å²) in [6, 6.07) is 16.1. The number of carbonyl (C=O) groups excluding carboxylic acids is 1. The Balaban J connectivity index is 1.41. The molecule has 1 aliphatic rings. The number of benzene rings is 2. The van der Waals surface area contributed by atoms with Crippen molar-refractivity contribution in [1.82, 2.24) is 14.5 Å². The maximum absolute atomic E-state index is 12.7. The first-order valence-corrected chi connectivity index (χ1v) is 11.2. The number of thioether (sulfide) groups is 1. The molecule has 4 rings (SSSR count). The quantitative estimate of drug-likeness (QED) is 0.647. The highest BCUT2D eigenvalue weighted by Gasteiger charge is 2.14. The van der Waals surface area contributed by atoms with Crippen LogP contribution in [0.25, 0.3) is 11.0 Å². The summed E-state index contributed by atoms with van der Waals surface area (Å²) in [6.45, 7) is 4.71. The van der Waals surface area contributed by atoms with Gasteiger partial charge in [0.15, 0.2) is 0 Å². The first-order chi connectivity index (χ1) is 14.2. The summed E-state index contributed by atoms with van der Waals surface area (Å²) in [5, 5.41) is 3.02. The number of morpholine rings is 1. The molecule has 0 aliphatic carbocycles. The van der Waals surface area contributed by atoms with E-state index >= 15 is 0 Å². The molecule has 0 unspecified atom stereocenters. The molecule has 1 aliphatic heterocycles. The van der Waals surface area contributed by atoms with Crippen LogP contribution in [0.2, 0.25) is 0 Å². The van der Waals surface area contributed by atoms with Crippen LogP contribution in [0.4, 0.5) is 5.69 Å². The van der Waals surface area contributed by atoms with Gasteiger partial charge in [0.2, 0.25) is 5.91 Å². The highest BCUT2D eigenvalue weighted by molar-refractivity contribution is 7.97. The van der Waals surface area contributed by atoms with Crippen molar-refractivity contribution in [3.05, 3.63) is 59.9 Å². The molecule has 0 saturated carbocycles. The lowest BCUT2D eigenvalue weighted by Crippen LogP contribution is -2.35. The van der Waals surface area contributed by atoms with E-state index in [0.29, 0.717) is 0 Å². The lowest BCUT2D eigenvalue weighted by atomic mass is 10.2. The number of nitrogens with zero attached hydrogens (tertiary/aromatic N) is 3. The molecule has 7 heteroatoms. The Morgan fingerprint density at radius 1 is 1.14 bits per heavy atom. The van der Waals surface area contributed by atoms with E-state index in [1.807, 2.05) is 47.2 Å². The number of nitrogens with one attached hydrogen (secondary N) is 1. The number of anilines is 1. The van der Waals surface area contributed by atoms with E-state index in [9.17, 15) is 4.79 Å². The number of rotatable bonds is 7. The number of aromatic nitrogens is 2. The smallest absolute Gasteiger partial charge is 0.244 e. The van der Waals surface area contributed by atoms with E-state index < -0.39 is 0 Å². The van der Waals surface area contributed by atoms with Crippen molar-refractivity contribution in [3.63, 3.8) is 0 Å². The number of amides is 1. The molecule has 152 valence electrons. The van der Waals surface area contributed by atoms with Gasteiger partial charge in [-0.25, -0.2) is 4.98 Å². The predicted molar refractivity (Wildman–Crippen MR) is 118 cm³/mol. The van der Waals surface area contributed by atoms with Gasteiger partial charge < -0.3 is 14.6 Å². The lowest BCUT2D eigenvalue weighted by molar-refractivity contribution is -0.116. The van der Waals surface area contributed by atoms with Gasteiger partial charge in [-0.05, 0) is 36.1 Å². The molecule has 0 atom stereocenters. The standard InChI is InChI=1S/C22H26N4O2S/c1-29-16-21-24-19-4-2-3-5-20(19)26(21)15-22(27)23-18-8-6-17(7-9-18)14-25-10-12-28-13-11-25/h2-9H,10-16H2,1H3,(H,23,27). The zero-order valence-corrected chi connectivity index (χ0v) is 17.5. The number of para-hydroxylation sites is 2. The van der Waals surface area contributed by atoms with Crippen molar-refractivity contribution in [2.45, 2.75) is 18.8 Å². The van der Waals surface area contributed by atoms with E-state index in [0.717, 1.165) is 61.1 Å². The molecule has 0 bridgehead atoms. The summed E-state index contributed by atoms with van der Waals surface area (Å²) in [6.07, 6.45) is 2.04. The number of imidazole rings is 1. The summed E-state index contributed by atoms with van der Waals surface area (Å²) in [5.41, 5.74) is 3.98. The van der Waals surface area contributed by atoms with E-state index in [1.54, 1.807) is 11.8 Å². The molecule has 1 fully saturated rings. The molecule has 1 saturated heterocycles. The number of fused-ring (bicyclic) bond motifs is 1. The van der Waals surface area contributed by atoms with Gasteiger partial charge in [0.05, 0.1) is 30.0 Å². The first-order valence-electron chi connectivity index (χ1n) is 9.85. The Hall–Kier alpha value is -2.35. The second-order valence-corrected chi connectivity index (χ2v) is 8.04. The Labute approximate surface area is 175 Å². The topological polar surface area (TPSA) is 59.4 Å². The molecule has 0 spiro atoms. The zero-order chi connectivity index (χ0) is 20.1. The van der Waals surface area contributed by atoms with Gasteiger partial charge >= 0.3 is 0 Å². The van der Waals surface area contributed by atoms with Gasteiger partial charge in [-0.3, -0.25) is 9.69 Å². The lowest BCUT2D eigenvalue weighted by Gasteiger charge is -2.26. The summed E-state index contributed by atoms with van der Waals surface area (Å²) >= 11 is 1.70. The van der Waals surface area contributed by atoms with Gasteiger partial charge in [-0.1, -0.05) is 24.3 Å². The molecule has 1 aromatic heterocycles. The number of ether oxygens (including phenoxy) is 1. The maximum Gasteiger partial charge on any atom is 0.244 e. The molecular formula is C22H26N4O2S. The fourth-order valence-electron chi connectivity index (χ4n) is 3.60. The summed E-state index contributed by atoms with van der Waals surface area (Å²) in [5.74, 6) is 1.66. The third-order valence-electron chi connectivity index (χ3n) is 5.06. The van der Waals surface area contributed by atoms with Crippen LogP contribution in [0.5, 0.6) is 0 Å². The van der Waals surface area contributed by atoms with Gasteiger partial charge in [0.25, 0.3) is 0 Å². The SMILES string of the molecule is CSCc1nc2ccccc2n1CC(=O)Nc1ccc(CN2CCOCC2)cc1. The van der Waals surface area contributed by atoms with Crippen molar-refractivity contribution in [2.24, 2.45) is 0 Å². The Bertz CT molecular complexity index is 965. The second kappa shape index (κ2) is 9.43. The molecule has 2 heterocycles. The largest absolute Gasteiger partial charge is 0.379 e. The minimum absolute atomic E-state index is 0.0450. The van der Waals surface area contributed by atoms with Gasteiger partial charge in [0, 0.05) is 25.3 Å². The zero-order valence-electron chi connectivity index (χ0n) is 16.6. The van der Waals surface area contributed by atoms with E-state index in [1.165, 1.54) is 5.56 Å². The van der Waals surface area contributed by atoms with Gasteiger partial charge in [-0.2, -0.15) is 11.8 Å². The van der Waals surface area contributed by atoms with Crippen molar-refractivity contribution in [2.75, 3.05) is 37.9 Å². The Kier molecular flexibility index (Phi) is 6.49. The van der Waals surface area contributed by atoms with Crippen LogP contribution in [0.1, 0.15) is 11.4 Å². The summed E-state index contributed by atoms with van der Waals surface area (Å²) < 4.78 is 7.40. The first kappa shape index (κ1) is 19.9. The second-order valence-electron chi connectivity index (χ2n) is 7.17. The molecule has 1 amide bonds. The predicted octanol–water partition coefficient (Wildman–Crippen LogP) is 3.37. The number of hydrogen-bond acceptors (Lipinski definition) is 5. The summed E-state index contributed by atoms with van der Waals surface area (Å²) in [4.78, 5) is 19.8. The average Bonchev–Trinajstić information content (AvgIpc) is 3.08. The van der Waals surface area contributed by atoms with Gasteiger partial charge in [-0.15, -0.1) is 0 Å². The van der Waals surface area contributed by atoms with Crippen molar-refractivity contribution >= 4 is 34.4 Å². The summed E-state index contributed by atoms with van der Waals surface area (Å²) in [7, 11) is 0. The Morgan fingerprint density at radius 3 is 2.66 bits per heavy atom. The van der Waals surface area contributed by atoms with E-state index in [4.69, 9.17) is 4.74 Å². The van der Waals surface area contributed by atoms with Crippen LogP contribution in [-0.4, -0.2) is 52.9 Å². The van der Waals surface area contributed by atoms with Crippen molar-refractivity contribution in [3.8, 4) is 0 Å². The average molecular weight is 411 g/mol. The third-order valence-corrected chi connectivity index (χ3v) is 5.60. The molecule has 3 aromatic rings. The van der Waals surface area contributed by atoms with Crippen molar-refractivity contribution < 1.29 is 9.53 Å². The molecule has 0 radical (unpaired) electrons. The van der Waals surface area contributed by atoms with Crippen LogP contribution >= 0.6 is 11.8 Å². The van der Waals surface area contributed by atoms with Crippen LogP contribution in [0.15, 0.2) is 48.5 Å². The molecule has 1 N–H and O–H groups in total. The minimum Gasteiger partial charge on any atom is -0.379 e. The molecule has 2 aromatic carbocycles. The maximum atomic E-state index is 12.7. The molecule has 29 heavy (non-hydrogen) atoms. The third kappa shape index (κ3) is 4.98. The normalized spacial score (nSPS) is 14.9. The van der Waals surface area contributed by atoms with Crippen LogP contribution in [0.3, 0.4) is 0 Å².